The van der Waals surface area contributed by atoms with Gasteiger partial charge in [0.1, 0.15) is 12.1 Å². The van der Waals surface area contributed by atoms with Gasteiger partial charge >= 0.3 is 0 Å². The molecule has 176 valence electrons. The molecule has 0 saturated carbocycles. The molecule has 0 spiro atoms. The topological polar surface area (TPSA) is 88.0 Å². The second-order valence-corrected chi connectivity index (χ2v) is 8.16. The van der Waals surface area contributed by atoms with Crippen molar-refractivity contribution in [3.63, 3.8) is 0 Å². The standard InChI is InChI=1S/C26H31N7O/c1-4-32(5-2)16-14-25(34)30-21-11-12-23-22(17-21)28-18-33(23)24-13-15-27-26(31-24)29-19(3)20-9-7-6-8-10-20/h6-13,15,17-19H,4-5,14,16H2,1-3H3,(H,30,34)(H,27,29,31). The number of carbonyl (C=O) groups excluding carboxylic acids is 1. The monoisotopic (exact) mass is 457 g/mol. The van der Waals surface area contributed by atoms with Crippen LogP contribution < -0.4 is 10.6 Å². The number of fused-ring (bicyclic) bond motifs is 1. The van der Waals surface area contributed by atoms with Crippen LogP contribution in [0.5, 0.6) is 0 Å². The molecule has 34 heavy (non-hydrogen) atoms. The summed E-state index contributed by atoms with van der Waals surface area (Å²) in [5.41, 5.74) is 3.59. The number of imidazole rings is 1. The maximum Gasteiger partial charge on any atom is 0.225 e. The maximum atomic E-state index is 12.4. The number of nitrogens with one attached hydrogen (secondary N) is 2. The SMILES string of the molecule is CCN(CC)CCC(=O)Nc1ccc2c(c1)ncn2-c1ccnc(NC(C)c2ccccc2)n1. The van der Waals surface area contributed by atoms with Crippen LogP contribution in [0.3, 0.4) is 0 Å². The van der Waals surface area contributed by atoms with Crippen LogP contribution in [0.1, 0.15) is 38.8 Å². The molecule has 0 saturated heterocycles. The molecule has 0 radical (unpaired) electrons. The third-order valence-corrected chi connectivity index (χ3v) is 5.91. The van der Waals surface area contributed by atoms with Crippen molar-refractivity contribution in [2.45, 2.75) is 33.2 Å². The van der Waals surface area contributed by atoms with Gasteiger partial charge in [-0.15, -0.1) is 0 Å². The Morgan fingerprint density at radius 1 is 1.06 bits per heavy atom. The number of amides is 1. The number of aromatic nitrogens is 4. The Hall–Kier alpha value is -3.78. The molecular formula is C26H31N7O. The van der Waals surface area contributed by atoms with E-state index in [2.05, 4.69) is 63.4 Å². The van der Waals surface area contributed by atoms with E-state index in [1.54, 1.807) is 12.5 Å². The molecular weight excluding hydrogens is 426 g/mol. The lowest BCUT2D eigenvalue weighted by Crippen LogP contribution is -2.27. The minimum absolute atomic E-state index is 0.00438. The molecule has 8 nitrogen and oxygen atoms in total. The average molecular weight is 458 g/mol. The summed E-state index contributed by atoms with van der Waals surface area (Å²) in [5, 5.41) is 6.34. The van der Waals surface area contributed by atoms with Gasteiger partial charge in [0.2, 0.25) is 11.9 Å². The minimum atomic E-state index is 0.00438. The van der Waals surface area contributed by atoms with Crippen molar-refractivity contribution in [3.05, 3.63) is 72.7 Å². The number of carbonyl (C=O) groups is 1. The molecule has 2 heterocycles. The smallest absolute Gasteiger partial charge is 0.225 e. The molecule has 4 aromatic rings. The highest BCUT2D eigenvalue weighted by atomic mass is 16.1. The molecule has 0 aliphatic carbocycles. The highest BCUT2D eigenvalue weighted by Crippen LogP contribution is 2.22. The normalized spacial score (nSPS) is 12.1. The number of benzene rings is 2. The maximum absolute atomic E-state index is 12.4. The third-order valence-electron chi connectivity index (χ3n) is 5.91. The van der Waals surface area contributed by atoms with Gasteiger partial charge in [0, 0.05) is 24.8 Å². The summed E-state index contributed by atoms with van der Waals surface area (Å²) >= 11 is 0. The Morgan fingerprint density at radius 2 is 1.85 bits per heavy atom. The highest BCUT2D eigenvalue weighted by molar-refractivity contribution is 5.93. The first kappa shape index (κ1) is 23.4. The number of hydrogen-bond acceptors (Lipinski definition) is 6. The number of anilines is 2. The van der Waals surface area contributed by atoms with Crippen molar-refractivity contribution < 1.29 is 4.79 Å². The van der Waals surface area contributed by atoms with E-state index in [4.69, 9.17) is 0 Å². The summed E-state index contributed by atoms with van der Waals surface area (Å²) in [7, 11) is 0. The van der Waals surface area contributed by atoms with E-state index in [9.17, 15) is 4.79 Å². The zero-order chi connectivity index (χ0) is 23.9. The largest absolute Gasteiger partial charge is 0.348 e. The van der Waals surface area contributed by atoms with Gasteiger partial charge in [0.05, 0.1) is 17.1 Å². The van der Waals surface area contributed by atoms with Crippen LogP contribution in [0.25, 0.3) is 16.9 Å². The second-order valence-electron chi connectivity index (χ2n) is 8.16. The zero-order valence-corrected chi connectivity index (χ0v) is 19.9. The fourth-order valence-electron chi connectivity index (χ4n) is 3.87. The molecule has 0 bridgehead atoms. The minimum Gasteiger partial charge on any atom is -0.348 e. The first-order valence-electron chi connectivity index (χ1n) is 11.7. The molecule has 1 atom stereocenters. The van der Waals surface area contributed by atoms with Crippen molar-refractivity contribution in [3.8, 4) is 5.82 Å². The first-order valence-corrected chi connectivity index (χ1v) is 11.7. The second kappa shape index (κ2) is 10.9. The molecule has 2 aromatic carbocycles. The lowest BCUT2D eigenvalue weighted by molar-refractivity contribution is -0.116. The highest BCUT2D eigenvalue weighted by Gasteiger charge is 2.12. The van der Waals surface area contributed by atoms with E-state index in [1.807, 2.05) is 47.0 Å². The Morgan fingerprint density at radius 3 is 2.62 bits per heavy atom. The van der Waals surface area contributed by atoms with Crippen LogP contribution in [0.2, 0.25) is 0 Å². The summed E-state index contributed by atoms with van der Waals surface area (Å²) in [6.45, 7) is 8.92. The van der Waals surface area contributed by atoms with Gasteiger partial charge in [-0.05, 0) is 49.8 Å². The number of hydrogen-bond donors (Lipinski definition) is 2. The van der Waals surface area contributed by atoms with Gasteiger partial charge in [0.25, 0.3) is 0 Å². The Balaban J connectivity index is 1.47. The van der Waals surface area contributed by atoms with Gasteiger partial charge < -0.3 is 15.5 Å². The predicted octanol–water partition coefficient (Wildman–Crippen LogP) is 4.66. The van der Waals surface area contributed by atoms with Gasteiger partial charge in [-0.1, -0.05) is 44.2 Å². The zero-order valence-electron chi connectivity index (χ0n) is 19.9. The molecule has 0 fully saturated rings. The summed E-state index contributed by atoms with van der Waals surface area (Å²) in [4.78, 5) is 28.2. The Kier molecular flexibility index (Phi) is 7.49. The summed E-state index contributed by atoms with van der Waals surface area (Å²) < 4.78 is 1.92. The fourth-order valence-corrected chi connectivity index (χ4v) is 3.87. The van der Waals surface area contributed by atoms with Gasteiger partial charge in [0.15, 0.2) is 0 Å². The van der Waals surface area contributed by atoms with E-state index in [0.29, 0.717) is 12.4 Å². The van der Waals surface area contributed by atoms with E-state index >= 15 is 0 Å². The van der Waals surface area contributed by atoms with Crippen molar-refractivity contribution in [2.75, 3.05) is 30.3 Å². The number of nitrogens with zero attached hydrogens (tertiary/aromatic N) is 5. The van der Waals surface area contributed by atoms with E-state index in [1.165, 1.54) is 0 Å². The quantitative estimate of drug-likeness (QED) is 0.360. The van der Waals surface area contributed by atoms with E-state index in [0.717, 1.165) is 47.7 Å². The molecule has 0 aliphatic heterocycles. The lowest BCUT2D eigenvalue weighted by Gasteiger charge is -2.17. The molecule has 2 N–H and O–H groups in total. The molecule has 4 rings (SSSR count). The molecule has 0 aliphatic rings. The number of rotatable bonds is 10. The average Bonchev–Trinajstić information content (AvgIpc) is 3.28. The van der Waals surface area contributed by atoms with Crippen LogP contribution >= 0.6 is 0 Å². The van der Waals surface area contributed by atoms with Crippen LogP contribution in [0.15, 0.2) is 67.1 Å². The predicted molar refractivity (Wildman–Crippen MR) is 136 cm³/mol. The van der Waals surface area contributed by atoms with Crippen molar-refractivity contribution in [1.82, 2.24) is 24.4 Å². The Labute approximate surface area is 200 Å². The van der Waals surface area contributed by atoms with Crippen LogP contribution in [0, 0.1) is 0 Å². The molecule has 8 heteroatoms. The van der Waals surface area contributed by atoms with Gasteiger partial charge in [-0.3, -0.25) is 9.36 Å². The van der Waals surface area contributed by atoms with E-state index < -0.39 is 0 Å². The molecule has 2 aromatic heterocycles. The first-order chi connectivity index (χ1) is 16.6. The summed E-state index contributed by atoms with van der Waals surface area (Å²) in [6, 6.07) is 17.8. The fraction of sp³-hybridized carbons (Fsp3) is 0.308. The van der Waals surface area contributed by atoms with Crippen molar-refractivity contribution in [1.29, 1.82) is 0 Å². The van der Waals surface area contributed by atoms with E-state index in [-0.39, 0.29) is 11.9 Å². The molecule has 1 unspecified atom stereocenters. The van der Waals surface area contributed by atoms with Crippen LogP contribution in [0.4, 0.5) is 11.6 Å². The molecule has 1 amide bonds. The summed E-state index contributed by atoms with van der Waals surface area (Å²) in [5.74, 6) is 1.27. The van der Waals surface area contributed by atoms with Gasteiger partial charge in [-0.2, -0.15) is 4.98 Å². The van der Waals surface area contributed by atoms with Crippen molar-refractivity contribution >= 4 is 28.6 Å². The van der Waals surface area contributed by atoms with Crippen LogP contribution in [-0.4, -0.2) is 50.0 Å². The lowest BCUT2D eigenvalue weighted by atomic mass is 10.1. The van der Waals surface area contributed by atoms with Gasteiger partial charge in [-0.25, -0.2) is 9.97 Å². The summed E-state index contributed by atoms with van der Waals surface area (Å²) in [6.07, 6.45) is 3.94. The van der Waals surface area contributed by atoms with Crippen molar-refractivity contribution in [2.24, 2.45) is 0 Å². The third kappa shape index (κ3) is 5.58. The Bertz CT molecular complexity index is 1230. The van der Waals surface area contributed by atoms with Crippen LogP contribution in [-0.2, 0) is 4.79 Å².